The highest BCUT2D eigenvalue weighted by molar-refractivity contribution is 7.91. The molecule has 28 heavy (non-hydrogen) atoms. The van der Waals surface area contributed by atoms with Crippen LogP contribution in [0.4, 0.5) is 11.4 Å². The molecule has 1 heterocycles. The van der Waals surface area contributed by atoms with E-state index in [4.69, 9.17) is 27.9 Å². The molecule has 2 aromatic carbocycles. The molecule has 1 aliphatic rings. The molecule has 0 saturated carbocycles. The topological polar surface area (TPSA) is 75.7 Å². The van der Waals surface area contributed by atoms with Gasteiger partial charge in [0.2, 0.25) is 5.91 Å². The van der Waals surface area contributed by atoms with Crippen LogP contribution in [0.3, 0.4) is 0 Å². The molecule has 1 aliphatic heterocycles. The van der Waals surface area contributed by atoms with Gasteiger partial charge in [0.1, 0.15) is 0 Å². The maximum Gasteiger partial charge on any atom is 0.225 e. The van der Waals surface area contributed by atoms with Crippen molar-refractivity contribution in [2.75, 3.05) is 42.3 Å². The Morgan fingerprint density at radius 1 is 1.07 bits per heavy atom. The number of hydrogen-bond donors (Lipinski definition) is 1. The maximum atomic E-state index is 12.4. The van der Waals surface area contributed by atoms with Gasteiger partial charge in [-0.3, -0.25) is 4.79 Å². The quantitative estimate of drug-likeness (QED) is 0.738. The van der Waals surface area contributed by atoms with Crippen molar-refractivity contribution in [1.29, 1.82) is 0 Å². The Morgan fingerprint density at radius 3 is 2.43 bits per heavy atom. The summed E-state index contributed by atoms with van der Waals surface area (Å²) in [5.74, 6) is -0.692. The normalized spacial score (nSPS) is 14.7. The van der Waals surface area contributed by atoms with Crippen LogP contribution in [0.5, 0.6) is 0 Å². The Kier molecular flexibility index (Phi) is 6.82. The first-order valence-electron chi connectivity index (χ1n) is 8.76. The zero-order valence-electron chi connectivity index (χ0n) is 15.0. The van der Waals surface area contributed by atoms with E-state index in [1.807, 2.05) is 4.90 Å². The van der Waals surface area contributed by atoms with Crippen molar-refractivity contribution >= 4 is 50.3 Å². The van der Waals surface area contributed by atoms with E-state index in [0.717, 1.165) is 5.69 Å². The fraction of sp³-hybridized carbons (Fsp3) is 0.316. The lowest BCUT2D eigenvalue weighted by atomic mass is 10.2. The Bertz CT molecular complexity index is 943. The molecule has 0 aliphatic carbocycles. The Labute approximate surface area is 174 Å². The molecule has 0 bridgehead atoms. The van der Waals surface area contributed by atoms with Gasteiger partial charge in [0.05, 0.1) is 40.3 Å². The van der Waals surface area contributed by atoms with Crippen molar-refractivity contribution in [3.05, 3.63) is 52.5 Å². The second-order valence-corrected chi connectivity index (χ2v) is 9.26. The first-order chi connectivity index (χ1) is 13.4. The number of carbonyl (C=O) groups excluding carboxylic acids is 1. The molecule has 1 amide bonds. The summed E-state index contributed by atoms with van der Waals surface area (Å²) in [7, 11) is -3.58. The lowest BCUT2D eigenvalue weighted by molar-refractivity contribution is -0.115. The second-order valence-electron chi connectivity index (χ2n) is 6.31. The molecule has 0 spiro atoms. The van der Waals surface area contributed by atoms with E-state index in [-0.39, 0.29) is 17.1 Å². The summed E-state index contributed by atoms with van der Waals surface area (Å²) in [6.45, 7) is 2.49. The van der Waals surface area contributed by atoms with E-state index in [2.05, 4.69) is 5.32 Å². The van der Waals surface area contributed by atoms with E-state index in [1.165, 1.54) is 24.3 Å². The van der Waals surface area contributed by atoms with E-state index < -0.39 is 15.7 Å². The fourth-order valence-corrected chi connectivity index (χ4v) is 4.58. The number of halogens is 2. The molecule has 9 heteroatoms. The number of carbonyl (C=O) groups is 1. The molecule has 1 saturated heterocycles. The number of rotatable bonds is 6. The highest BCUT2D eigenvalue weighted by Crippen LogP contribution is 2.34. The lowest BCUT2D eigenvalue weighted by Gasteiger charge is -2.31. The van der Waals surface area contributed by atoms with E-state index >= 15 is 0 Å². The van der Waals surface area contributed by atoms with Crippen molar-refractivity contribution in [2.45, 2.75) is 11.3 Å². The zero-order valence-corrected chi connectivity index (χ0v) is 17.4. The van der Waals surface area contributed by atoms with Gasteiger partial charge in [-0.15, -0.1) is 0 Å². The minimum absolute atomic E-state index is 0.140. The van der Waals surface area contributed by atoms with Crippen LogP contribution in [0, 0.1) is 0 Å². The summed E-state index contributed by atoms with van der Waals surface area (Å²) in [4.78, 5) is 14.6. The van der Waals surface area contributed by atoms with Gasteiger partial charge in [-0.1, -0.05) is 29.3 Å². The first kappa shape index (κ1) is 20.9. The SMILES string of the molecule is O=C(CCS(=O)(=O)c1ccc(Cl)cc1)Nc1cccc(Cl)c1N1CCOCC1. The summed E-state index contributed by atoms with van der Waals surface area (Å²) < 4.78 is 30.2. The average Bonchev–Trinajstić information content (AvgIpc) is 2.68. The Hall–Kier alpha value is -1.80. The van der Waals surface area contributed by atoms with Crippen LogP contribution in [-0.2, 0) is 19.4 Å². The van der Waals surface area contributed by atoms with Gasteiger partial charge >= 0.3 is 0 Å². The highest BCUT2D eigenvalue weighted by Gasteiger charge is 2.20. The van der Waals surface area contributed by atoms with Gasteiger partial charge < -0.3 is 15.0 Å². The number of amides is 1. The first-order valence-corrected chi connectivity index (χ1v) is 11.2. The number of nitrogens with one attached hydrogen (secondary N) is 1. The minimum Gasteiger partial charge on any atom is -0.378 e. The van der Waals surface area contributed by atoms with Gasteiger partial charge in [-0.2, -0.15) is 0 Å². The molecule has 0 atom stereocenters. The summed E-state index contributed by atoms with van der Waals surface area (Å²) >= 11 is 12.1. The molecule has 6 nitrogen and oxygen atoms in total. The van der Waals surface area contributed by atoms with Crippen molar-refractivity contribution in [2.24, 2.45) is 0 Å². The second kappa shape index (κ2) is 9.13. The van der Waals surface area contributed by atoms with Crippen molar-refractivity contribution in [1.82, 2.24) is 0 Å². The molecule has 0 radical (unpaired) electrons. The molecular weight excluding hydrogens is 423 g/mol. The molecule has 3 rings (SSSR count). The molecule has 0 unspecified atom stereocenters. The Balaban J connectivity index is 1.68. The van der Waals surface area contributed by atoms with Crippen LogP contribution in [-0.4, -0.2) is 46.4 Å². The summed E-state index contributed by atoms with van der Waals surface area (Å²) in [6, 6.07) is 11.1. The monoisotopic (exact) mass is 442 g/mol. The highest BCUT2D eigenvalue weighted by atomic mass is 35.5. The number of nitrogens with zero attached hydrogens (tertiary/aromatic N) is 1. The largest absolute Gasteiger partial charge is 0.378 e. The predicted molar refractivity (Wildman–Crippen MR) is 111 cm³/mol. The van der Waals surface area contributed by atoms with Crippen LogP contribution < -0.4 is 10.2 Å². The van der Waals surface area contributed by atoms with E-state index in [9.17, 15) is 13.2 Å². The number of hydrogen-bond acceptors (Lipinski definition) is 5. The molecular formula is C19H20Cl2N2O4S. The van der Waals surface area contributed by atoms with Crippen LogP contribution in [0.2, 0.25) is 10.0 Å². The standard InChI is InChI=1S/C19H20Cl2N2O4S/c20-14-4-6-15(7-5-14)28(25,26)13-8-18(24)22-17-3-1-2-16(21)19(17)23-9-11-27-12-10-23/h1-7H,8-13H2,(H,22,24). The summed E-state index contributed by atoms with van der Waals surface area (Å²) in [5, 5.41) is 3.76. The van der Waals surface area contributed by atoms with Gasteiger partial charge in [0, 0.05) is 24.5 Å². The van der Waals surface area contributed by atoms with Gasteiger partial charge in [-0.05, 0) is 36.4 Å². The third-order valence-electron chi connectivity index (χ3n) is 4.36. The van der Waals surface area contributed by atoms with Crippen LogP contribution in [0.25, 0.3) is 0 Å². The van der Waals surface area contributed by atoms with E-state index in [0.29, 0.717) is 42.0 Å². The number of sulfone groups is 1. The number of morpholine rings is 1. The van der Waals surface area contributed by atoms with Crippen molar-refractivity contribution in [3.63, 3.8) is 0 Å². The van der Waals surface area contributed by atoms with Crippen LogP contribution in [0.15, 0.2) is 47.4 Å². The summed E-state index contributed by atoms with van der Waals surface area (Å²) in [6.07, 6.45) is -0.167. The molecule has 2 aromatic rings. The zero-order chi connectivity index (χ0) is 20.1. The molecule has 150 valence electrons. The molecule has 1 N–H and O–H groups in total. The van der Waals surface area contributed by atoms with E-state index in [1.54, 1.807) is 18.2 Å². The smallest absolute Gasteiger partial charge is 0.225 e. The van der Waals surface area contributed by atoms with Gasteiger partial charge in [0.15, 0.2) is 9.84 Å². The van der Waals surface area contributed by atoms with Crippen LogP contribution >= 0.6 is 23.2 Å². The lowest BCUT2D eigenvalue weighted by Crippen LogP contribution is -2.37. The molecule has 1 fully saturated rings. The fourth-order valence-electron chi connectivity index (χ4n) is 2.92. The Morgan fingerprint density at radius 2 is 1.75 bits per heavy atom. The van der Waals surface area contributed by atoms with Crippen LogP contribution in [0.1, 0.15) is 6.42 Å². The minimum atomic E-state index is -3.58. The van der Waals surface area contributed by atoms with Crippen molar-refractivity contribution in [3.8, 4) is 0 Å². The summed E-state index contributed by atoms with van der Waals surface area (Å²) in [5.41, 5.74) is 1.28. The number of para-hydroxylation sites is 1. The third kappa shape index (κ3) is 5.17. The number of ether oxygens (including phenoxy) is 1. The molecule has 0 aromatic heterocycles. The predicted octanol–water partition coefficient (Wildman–Crippen LogP) is 3.63. The van der Waals surface area contributed by atoms with Crippen molar-refractivity contribution < 1.29 is 17.9 Å². The average molecular weight is 443 g/mol. The number of anilines is 2. The number of benzene rings is 2. The van der Waals surface area contributed by atoms with Gasteiger partial charge in [-0.25, -0.2) is 8.42 Å². The maximum absolute atomic E-state index is 12.4. The third-order valence-corrected chi connectivity index (χ3v) is 6.65. The van der Waals surface area contributed by atoms with Gasteiger partial charge in [0.25, 0.3) is 0 Å².